The highest BCUT2D eigenvalue weighted by Gasteiger charge is 2.03. The van der Waals surface area contributed by atoms with Crippen LogP contribution in [-0.2, 0) is 13.0 Å². The van der Waals surface area contributed by atoms with Gasteiger partial charge in [0.2, 0.25) is 0 Å². The van der Waals surface area contributed by atoms with Crippen molar-refractivity contribution in [2.75, 3.05) is 6.61 Å². The molecule has 0 aliphatic carbocycles. The van der Waals surface area contributed by atoms with Gasteiger partial charge in [-0.2, -0.15) is 0 Å². The van der Waals surface area contributed by atoms with E-state index in [0.717, 1.165) is 22.4 Å². The van der Waals surface area contributed by atoms with Crippen LogP contribution < -0.4 is 4.74 Å². The van der Waals surface area contributed by atoms with Crippen LogP contribution in [0, 0.1) is 0 Å². The number of benzene rings is 4. The second-order valence-electron chi connectivity index (χ2n) is 7.05. The predicted octanol–water partition coefficient (Wildman–Crippen LogP) is 6.13. The third-order valence-corrected chi connectivity index (χ3v) is 4.99. The van der Waals surface area contributed by atoms with Crippen LogP contribution in [0.2, 0.25) is 0 Å². The Morgan fingerprint density at radius 3 is 1.79 bits per heavy atom. The van der Waals surface area contributed by atoms with Crippen LogP contribution in [0.15, 0.2) is 103 Å². The highest BCUT2D eigenvalue weighted by molar-refractivity contribution is 5.73. The van der Waals surface area contributed by atoms with Gasteiger partial charge in [0.15, 0.2) is 0 Å². The van der Waals surface area contributed by atoms with Gasteiger partial charge in [-0.05, 0) is 58.0 Å². The molecule has 4 aromatic carbocycles. The molecule has 0 saturated carbocycles. The predicted molar refractivity (Wildman–Crippen MR) is 119 cm³/mol. The number of hydrogen-bond acceptors (Lipinski definition) is 2. The topological polar surface area (TPSA) is 29.5 Å². The Balaban J connectivity index is 1.47. The largest absolute Gasteiger partial charge is 0.489 e. The summed E-state index contributed by atoms with van der Waals surface area (Å²) in [5, 5.41) is 9.07. The first-order valence-electron chi connectivity index (χ1n) is 9.89. The third-order valence-electron chi connectivity index (χ3n) is 4.99. The normalized spacial score (nSPS) is 10.7. The second kappa shape index (κ2) is 9.22. The van der Waals surface area contributed by atoms with E-state index in [1.165, 1.54) is 16.7 Å². The molecule has 0 spiro atoms. The van der Waals surface area contributed by atoms with Crippen molar-refractivity contribution in [1.29, 1.82) is 0 Å². The van der Waals surface area contributed by atoms with Crippen LogP contribution in [0.3, 0.4) is 0 Å². The first-order valence-corrected chi connectivity index (χ1v) is 9.89. The first kappa shape index (κ1) is 19.0. The quantitative estimate of drug-likeness (QED) is 0.418. The van der Waals surface area contributed by atoms with Crippen molar-refractivity contribution in [2.24, 2.45) is 0 Å². The number of aliphatic hydroxyl groups excluding tert-OH is 1. The Morgan fingerprint density at radius 2 is 1.17 bits per heavy atom. The average Bonchev–Trinajstić information content (AvgIpc) is 2.80. The van der Waals surface area contributed by atoms with Crippen molar-refractivity contribution in [2.45, 2.75) is 13.0 Å². The summed E-state index contributed by atoms with van der Waals surface area (Å²) in [4.78, 5) is 0. The summed E-state index contributed by atoms with van der Waals surface area (Å²) < 4.78 is 5.89. The van der Waals surface area contributed by atoms with E-state index in [1.54, 1.807) is 0 Å². The molecule has 0 atom stereocenters. The molecule has 0 radical (unpaired) electrons. The summed E-state index contributed by atoms with van der Waals surface area (Å²) >= 11 is 0. The Hall–Kier alpha value is -3.36. The second-order valence-corrected chi connectivity index (χ2v) is 7.05. The Kier molecular flexibility index (Phi) is 6.04. The van der Waals surface area contributed by atoms with E-state index >= 15 is 0 Å². The van der Waals surface area contributed by atoms with E-state index in [2.05, 4.69) is 72.8 Å². The Morgan fingerprint density at radius 1 is 0.552 bits per heavy atom. The van der Waals surface area contributed by atoms with Gasteiger partial charge in [0, 0.05) is 6.61 Å². The van der Waals surface area contributed by atoms with Crippen molar-refractivity contribution < 1.29 is 9.84 Å². The molecule has 0 heterocycles. The molecular formula is C27H24O2. The zero-order valence-corrected chi connectivity index (χ0v) is 16.3. The van der Waals surface area contributed by atoms with Crippen LogP contribution in [0.4, 0.5) is 0 Å². The Labute approximate surface area is 172 Å². The minimum atomic E-state index is 0.180. The van der Waals surface area contributed by atoms with Gasteiger partial charge in [-0.3, -0.25) is 0 Å². The fourth-order valence-corrected chi connectivity index (χ4v) is 3.36. The number of aliphatic hydroxyl groups is 1. The summed E-state index contributed by atoms with van der Waals surface area (Å²) in [5.41, 5.74) is 7.01. The smallest absolute Gasteiger partial charge is 0.119 e. The van der Waals surface area contributed by atoms with Gasteiger partial charge in [-0.15, -0.1) is 0 Å². The molecule has 0 aliphatic heterocycles. The van der Waals surface area contributed by atoms with Crippen LogP contribution >= 0.6 is 0 Å². The van der Waals surface area contributed by atoms with Gasteiger partial charge >= 0.3 is 0 Å². The molecular weight excluding hydrogens is 356 g/mol. The highest BCUT2D eigenvalue weighted by Crippen LogP contribution is 2.28. The van der Waals surface area contributed by atoms with Gasteiger partial charge < -0.3 is 9.84 Å². The van der Waals surface area contributed by atoms with Crippen LogP contribution in [0.1, 0.15) is 11.1 Å². The standard InChI is InChI=1S/C27H24O2/c28-18-17-21-9-11-23(12-10-21)25-7-4-8-26(19-25)24-13-15-27(16-14-24)29-20-22-5-2-1-3-6-22/h1-16,19,28H,17-18,20H2. The molecule has 0 aromatic heterocycles. The van der Waals surface area contributed by atoms with E-state index in [1.807, 2.05) is 30.3 Å². The molecule has 0 aliphatic rings. The SMILES string of the molecule is OCCc1ccc(-c2cccc(-c3ccc(OCc4ccccc4)cc3)c2)cc1. The molecule has 2 heteroatoms. The minimum Gasteiger partial charge on any atom is -0.489 e. The maximum absolute atomic E-state index is 9.07. The van der Waals surface area contributed by atoms with Gasteiger partial charge in [-0.1, -0.05) is 84.9 Å². The molecule has 0 unspecified atom stereocenters. The van der Waals surface area contributed by atoms with E-state index in [-0.39, 0.29) is 6.61 Å². The van der Waals surface area contributed by atoms with Gasteiger partial charge in [0.05, 0.1) is 0 Å². The zero-order chi connectivity index (χ0) is 19.9. The van der Waals surface area contributed by atoms with Crippen molar-refractivity contribution in [3.05, 3.63) is 114 Å². The van der Waals surface area contributed by atoms with Crippen molar-refractivity contribution in [3.8, 4) is 28.0 Å². The highest BCUT2D eigenvalue weighted by atomic mass is 16.5. The summed E-state index contributed by atoms with van der Waals surface area (Å²) in [6.45, 7) is 0.752. The summed E-state index contributed by atoms with van der Waals surface area (Å²) in [6.07, 6.45) is 0.693. The van der Waals surface area contributed by atoms with Crippen LogP contribution in [-0.4, -0.2) is 11.7 Å². The summed E-state index contributed by atoms with van der Waals surface area (Å²) in [6, 6.07) is 35.4. The fourth-order valence-electron chi connectivity index (χ4n) is 3.36. The molecule has 144 valence electrons. The lowest BCUT2D eigenvalue weighted by atomic mass is 9.98. The molecule has 4 rings (SSSR count). The summed E-state index contributed by atoms with van der Waals surface area (Å²) in [7, 11) is 0. The third kappa shape index (κ3) is 4.92. The number of ether oxygens (including phenoxy) is 1. The molecule has 0 bridgehead atoms. The van der Waals surface area contributed by atoms with Crippen LogP contribution in [0.25, 0.3) is 22.3 Å². The molecule has 0 fully saturated rings. The van der Waals surface area contributed by atoms with E-state index in [4.69, 9.17) is 9.84 Å². The molecule has 0 saturated heterocycles. The van der Waals surface area contributed by atoms with Crippen molar-refractivity contribution in [3.63, 3.8) is 0 Å². The zero-order valence-electron chi connectivity index (χ0n) is 16.3. The fraction of sp³-hybridized carbons (Fsp3) is 0.111. The minimum absolute atomic E-state index is 0.180. The lowest BCUT2D eigenvalue weighted by molar-refractivity contribution is 0.299. The van der Waals surface area contributed by atoms with Crippen molar-refractivity contribution >= 4 is 0 Å². The van der Waals surface area contributed by atoms with Crippen molar-refractivity contribution in [1.82, 2.24) is 0 Å². The van der Waals surface area contributed by atoms with Gasteiger partial charge in [-0.25, -0.2) is 0 Å². The van der Waals surface area contributed by atoms with E-state index in [0.29, 0.717) is 13.0 Å². The lowest BCUT2D eigenvalue weighted by Gasteiger charge is -2.09. The van der Waals surface area contributed by atoms with Crippen LogP contribution in [0.5, 0.6) is 5.75 Å². The van der Waals surface area contributed by atoms with Gasteiger partial charge in [0.1, 0.15) is 12.4 Å². The Bertz CT molecular complexity index is 1040. The number of hydrogen-bond donors (Lipinski definition) is 1. The summed E-state index contributed by atoms with van der Waals surface area (Å²) in [5.74, 6) is 0.869. The van der Waals surface area contributed by atoms with E-state index < -0.39 is 0 Å². The van der Waals surface area contributed by atoms with Gasteiger partial charge in [0.25, 0.3) is 0 Å². The lowest BCUT2D eigenvalue weighted by Crippen LogP contribution is -1.94. The molecule has 0 amide bonds. The van der Waals surface area contributed by atoms with E-state index in [9.17, 15) is 0 Å². The monoisotopic (exact) mass is 380 g/mol. The molecule has 1 N–H and O–H groups in total. The molecule has 4 aromatic rings. The molecule has 2 nitrogen and oxygen atoms in total. The maximum Gasteiger partial charge on any atom is 0.119 e. The average molecular weight is 380 g/mol. The molecule has 29 heavy (non-hydrogen) atoms. The maximum atomic E-state index is 9.07. The first-order chi connectivity index (χ1) is 14.3. The number of rotatable bonds is 7.